The number of hydrogen-bond acceptors (Lipinski definition) is 7. The van der Waals surface area contributed by atoms with E-state index in [2.05, 4.69) is 35.7 Å². The number of ether oxygens (including phenoxy) is 1. The first kappa shape index (κ1) is 11.0. The molecule has 1 saturated heterocycles. The molecular formula is C5H8N2O3S3. The van der Waals surface area contributed by atoms with Crippen LogP contribution in [0.2, 0.25) is 0 Å². The summed E-state index contributed by atoms with van der Waals surface area (Å²) >= 11 is 8.68. The van der Waals surface area contributed by atoms with Crippen molar-refractivity contribution in [3.8, 4) is 0 Å². The van der Waals surface area contributed by atoms with Crippen molar-refractivity contribution in [2.75, 3.05) is 11.6 Å². The Morgan fingerprint density at radius 3 is 2.69 bits per heavy atom. The zero-order valence-corrected chi connectivity index (χ0v) is 9.07. The van der Waals surface area contributed by atoms with E-state index in [1.54, 1.807) is 11.8 Å². The maximum atomic E-state index is 11.1. The van der Waals surface area contributed by atoms with Gasteiger partial charge in [0.25, 0.3) is 0 Å². The molecule has 0 aliphatic carbocycles. The third-order valence-corrected chi connectivity index (χ3v) is 2.62. The first-order chi connectivity index (χ1) is 6.11. The molecule has 8 heteroatoms. The van der Waals surface area contributed by atoms with Gasteiger partial charge in [-0.25, -0.2) is 9.59 Å². The summed E-state index contributed by atoms with van der Waals surface area (Å²) in [5.41, 5.74) is 0. The Bertz CT molecular complexity index is 217. The van der Waals surface area contributed by atoms with Crippen LogP contribution in [-0.4, -0.2) is 33.4 Å². The lowest BCUT2D eigenvalue weighted by Gasteiger charge is -2.10. The molecule has 1 heterocycles. The van der Waals surface area contributed by atoms with Crippen LogP contribution in [0.5, 0.6) is 0 Å². The number of nitrogens with one attached hydrogen (secondary N) is 1. The van der Waals surface area contributed by atoms with Crippen LogP contribution in [-0.2, 0) is 9.53 Å². The van der Waals surface area contributed by atoms with Crippen molar-refractivity contribution in [1.82, 2.24) is 9.03 Å². The summed E-state index contributed by atoms with van der Waals surface area (Å²) in [6, 6.07) is -0.407. The molecule has 1 aliphatic rings. The van der Waals surface area contributed by atoms with E-state index in [0.29, 0.717) is 15.3 Å². The van der Waals surface area contributed by atoms with E-state index >= 15 is 0 Å². The van der Waals surface area contributed by atoms with Crippen LogP contribution < -0.4 is 5.32 Å². The molecule has 0 aromatic carbocycles. The SMILES string of the molecule is O=C(OC(=O)N(S)S)C1CSCN1. The van der Waals surface area contributed by atoms with Gasteiger partial charge in [0.05, 0.1) is 0 Å². The molecule has 13 heavy (non-hydrogen) atoms. The Morgan fingerprint density at radius 2 is 2.23 bits per heavy atom. The molecule has 1 atom stereocenters. The van der Waals surface area contributed by atoms with Gasteiger partial charge in [0.15, 0.2) is 0 Å². The van der Waals surface area contributed by atoms with Gasteiger partial charge in [-0.2, -0.15) is 3.71 Å². The summed E-state index contributed by atoms with van der Waals surface area (Å²) in [6.45, 7) is 0. The average Bonchev–Trinajstić information content (AvgIpc) is 2.55. The van der Waals surface area contributed by atoms with E-state index in [-0.39, 0.29) is 0 Å². The van der Waals surface area contributed by atoms with Crippen LogP contribution in [0.4, 0.5) is 4.79 Å². The fraction of sp³-hybridized carbons (Fsp3) is 0.600. The largest absolute Gasteiger partial charge is 0.437 e. The van der Waals surface area contributed by atoms with Crippen molar-refractivity contribution in [3.63, 3.8) is 0 Å². The van der Waals surface area contributed by atoms with Crippen molar-refractivity contribution in [2.45, 2.75) is 6.04 Å². The highest BCUT2D eigenvalue weighted by Crippen LogP contribution is 2.11. The molecule has 1 N–H and O–H groups in total. The minimum atomic E-state index is -0.893. The molecule has 0 spiro atoms. The number of carbonyl (C=O) groups excluding carboxylic acids is 2. The molecule has 0 saturated carbocycles. The van der Waals surface area contributed by atoms with Crippen LogP contribution in [0.3, 0.4) is 0 Å². The molecule has 5 nitrogen and oxygen atoms in total. The molecule has 1 amide bonds. The van der Waals surface area contributed by atoms with Crippen molar-refractivity contribution in [2.24, 2.45) is 0 Å². The first-order valence-electron chi connectivity index (χ1n) is 3.36. The van der Waals surface area contributed by atoms with Crippen LogP contribution in [0.25, 0.3) is 0 Å². The second kappa shape index (κ2) is 4.99. The normalized spacial score (nSPS) is 21.2. The summed E-state index contributed by atoms with van der Waals surface area (Å²) in [5.74, 6) is 0.716. The minimum absolute atomic E-state index is 0.407. The molecule has 74 valence electrons. The molecule has 0 aromatic heterocycles. The Balaban J connectivity index is 2.36. The second-order valence-corrected chi connectivity index (χ2v) is 4.39. The quantitative estimate of drug-likeness (QED) is 0.350. The number of nitrogens with zero attached hydrogens (tertiary/aromatic N) is 1. The minimum Gasteiger partial charge on any atom is -0.374 e. The number of rotatable bonds is 1. The fourth-order valence-electron chi connectivity index (χ4n) is 0.745. The summed E-state index contributed by atoms with van der Waals surface area (Å²) in [5, 5.41) is 2.87. The van der Waals surface area contributed by atoms with E-state index in [1.807, 2.05) is 0 Å². The van der Waals surface area contributed by atoms with E-state index < -0.39 is 18.1 Å². The molecule has 0 aromatic rings. The van der Waals surface area contributed by atoms with Gasteiger partial charge in [0, 0.05) is 11.6 Å². The molecule has 0 radical (unpaired) electrons. The highest BCUT2D eigenvalue weighted by molar-refractivity contribution is 7.99. The smallest absolute Gasteiger partial charge is 0.374 e. The molecule has 0 bridgehead atoms. The van der Waals surface area contributed by atoms with Crippen molar-refractivity contribution < 1.29 is 14.3 Å². The van der Waals surface area contributed by atoms with Crippen LogP contribution in [0, 0.1) is 0 Å². The van der Waals surface area contributed by atoms with Crippen LogP contribution >= 0.6 is 37.4 Å². The molecular weight excluding hydrogens is 232 g/mol. The predicted octanol–water partition coefficient (Wildman–Crippen LogP) is 0.304. The summed E-state index contributed by atoms with van der Waals surface area (Å²) < 4.78 is 5.03. The maximum absolute atomic E-state index is 11.1. The Morgan fingerprint density at radius 1 is 1.54 bits per heavy atom. The third-order valence-electron chi connectivity index (χ3n) is 1.35. The topological polar surface area (TPSA) is 58.6 Å². The second-order valence-electron chi connectivity index (χ2n) is 2.25. The number of amides is 1. The van der Waals surface area contributed by atoms with Gasteiger partial charge < -0.3 is 4.74 Å². The van der Waals surface area contributed by atoms with Gasteiger partial charge in [0.2, 0.25) is 0 Å². The standard InChI is InChI=1S/C5H8N2O3S3/c8-4(3-1-13-2-6-3)10-5(9)7(11)12/h3,6,11-12H,1-2H2. The lowest BCUT2D eigenvalue weighted by atomic mass is 10.3. The highest BCUT2D eigenvalue weighted by Gasteiger charge is 2.26. The zero-order chi connectivity index (χ0) is 9.84. The van der Waals surface area contributed by atoms with E-state index in [4.69, 9.17) is 0 Å². The highest BCUT2D eigenvalue weighted by atomic mass is 32.2. The van der Waals surface area contributed by atoms with Gasteiger partial charge in [-0.1, -0.05) is 0 Å². The van der Waals surface area contributed by atoms with Crippen molar-refractivity contribution >= 4 is 49.5 Å². The molecule has 1 fully saturated rings. The summed E-state index contributed by atoms with van der Waals surface area (Å²) in [4.78, 5) is 22.0. The molecule has 1 unspecified atom stereocenters. The van der Waals surface area contributed by atoms with Gasteiger partial charge >= 0.3 is 12.1 Å². The van der Waals surface area contributed by atoms with Gasteiger partial charge in [-0.15, -0.1) is 11.8 Å². The van der Waals surface area contributed by atoms with Gasteiger partial charge in [0.1, 0.15) is 6.04 Å². The Hall–Kier alpha value is -0.0500. The maximum Gasteiger partial charge on any atom is 0.437 e. The fourth-order valence-corrected chi connectivity index (χ4v) is 1.75. The molecule has 1 aliphatic heterocycles. The monoisotopic (exact) mass is 240 g/mol. The van der Waals surface area contributed by atoms with E-state index in [1.165, 1.54) is 0 Å². The number of thioether (sulfide) groups is 1. The Labute approximate surface area is 90.6 Å². The number of carbonyl (C=O) groups is 2. The van der Waals surface area contributed by atoms with Crippen molar-refractivity contribution in [1.29, 1.82) is 0 Å². The first-order valence-corrected chi connectivity index (χ1v) is 5.31. The number of thiol groups is 2. The molecule has 1 rings (SSSR count). The van der Waals surface area contributed by atoms with Gasteiger partial charge in [-0.3, -0.25) is 5.32 Å². The summed E-state index contributed by atoms with van der Waals surface area (Å²) in [7, 11) is 0. The lowest BCUT2D eigenvalue weighted by Crippen LogP contribution is -2.36. The number of hydrogen-bond donors (Lipinski definition) is 3. The van der Waals surface area contributed by atoms with E-state index in [9.17, 15) is 9.59 Å². The summed E-state index contributed by atoms with van der Waals surface area (Å²) in [6.07, 6.45) is -0.893. The predicted molar refractivity (Wildman–Crippen MR) is 55.5 cm³/mol. The van der Waals surface area contributed by atoms with Crippen molar-refractivity contribution in [3.05, 3.63) is 0 Å². The lowest BCUT2D eigenvalue weighted by molar-refractivity contribution is -0.139. The number of esters is 1. The van der Waals surface area contributed by atoms with Crippen LogP contribution in [0.15, 0.2) is 0 Å². The average molecular weight is 240 g/mol. The Kier molecular flexibility index (Phi) is 4.23. The van der Waals surface area contributed by atoms with Crippen LogP contribution in [0.1, 0.15) is 0 Å². The van der Waals surface area contributed by atoms with Gasteiger partial charge in [-0.05, 0) is 25.6 Å². The zero-order valence-electron chi connectivity index (χ0n) is 6.47. The third kappa shape index (κ3) is 3.29. The van der Waals surface area contributed by atoms with E-state index in [0.717, 1.165) is 0 Å².